The molecule has 0 bridgehead atoms. The number of nitrogens with one attached hydrogen (secondary N) is 1. The van der Waals surface area contributed by atoms with Crippen LogP contribution in [0.2, 0.25) is 0 Å². The Morgan fingerprint density at radius 3 is 2.57 bits per heavy atom. The van der Waals surface area contributed by atoms with Gasteiger partial charge in [-0.15, -0.1) is 11.3 Å². The minimum Gasteiger partial charge on any atom is -0.350 e. The second kappa shape index (κ2) is 8.55. The Labute approximate surface area is 175 Å². The number of benzene rings is 2. The molecule has 1 aromatic heterocycles. The molecule has 3 rings (SSSR count). The van der Waals surface area contributed by atoms with Crippen molar-refractivity contribution in [3.8, 4) is 0 Å². The molecule has 2 aromatic carbocycles. The molecule has 0 aliphatic carbocycles. The summed E-state index contributed by atoms with van der Waals surface area (Å²) in [7, 11) is -3.83. The predicted octanol–water partition coefficient (Wildman–Crippen LogP) is 4.90. The van der Waals surface area contributed by atoms with Crippen LogP contribution in [0.25, 0.3) is 0 Å². The van der Waals surface area contributed by atoms with E-state index >= 15 is 0 Å². The van der Waals surface area contributed by atoms with Gasteiger partial charge < -0.3 is 5.32 Å². The first-order valence-electron chi connectivity index (χ1n) is 8.37. The summed E-state index contributed by atoms with van der Waals surface area (Å²) in [6.45, 7) is 1.42. The fourth-order valence-electron chi connectivity index (χ4n) is 2.72. The van der Waals surface area contributed by atoms with E-state index in [1.54, 1.807) is 41.8 Å². The number of carbonyl (C=O) groups is 1. The number of rotatable bonds is 6. The number of carbonyl (C=O) groups excluding carboxylic acids is 1. The van der Waals surface area contributed by atoms with Gasteiger partial charge in [-0.25, -0.2) is 12.8 Å². The molecule has 1 heterocycles. The van der Waals surface area contributed by atoms with Gasteiger partial charge in [-0.2, -0.15) is 0 Å². The Kier molecular flexibility index (Phi) is 6.32. The number of sulfone groups is 1. The van der Waals surface area contributed by atoms with Gasteiger partial charge in [0.05, 0.1) is 10.5 Å². The molecule has 0 spiro atoms. The maximum absolute atomic E-state index is 13.6. The van der Waals surface area contributed by atoms with Gasteiger partial charge in [0.25, 0.3) is 5.91 Å². The van der Waals surface area contributed by atoms with E-state index in [9.17, 15) is 17.6 Å². The average Bonchev–Trinajstić information content (AvgIpc) is 3.18. The van der Waals surface area contributed by atoms with Crippen LogP contribution >= 0.6 is 27.3 Å². The summed E-state index contributed by atoms with van der Waals surface area (Å²) >= 11 is 4.62. The number of halogens is 2. The van der Waals surface area contributed by atoms with Crippen molar-refractivity contribution in [3.63, 3.8) is 0 Å². The zero-order valence-corrected chi connectivity index (χ0v) is 18.1. The van der Waals surface area contributed by atoms with Gasteiger partial charge in [0.2, 0.25) is 0 Å². The normalized spacial score (nSPS) is 12.5. The van der Waals surface area contributed by atoms with E-state index < -0.39 is 20.9 Å². The van der Waals surface area contributed by atoms with Crippen LogP contribution in [0.5, 0.6) is 0 Å². The zero-order valence-electron chi connectivity index (χ0n) is 14.9. The molecule has 0 unspecified atom stereocenters. The predicted molar refractivity (Wildman–Crippen MR) is 112 cm³/mol. The van der Waals surface area contributed by atoms with Gasteiger partial charge >= 0.3 is 0 Å². The number of thiophene rings is 1. The lowest BCUT2D eigenvalue weighted by Crippen LogP contribution is -2.31. The third kappa shape index (κ3) is 4.34. The lowest BCUT2D eigenvalue weighted by Gasteiger charge is -2.18. The summed E-state index contributed by atoms with van der Waals surface area (Å²) in [4.78, 5) is 13.2. The van der Waals surface area contributed by atoms with Gasteiger partial charge in [0.1, 0.15) is 11.1 Å². The molecule has 28 heavy (non-hydrogen) atoms. The van der Waals surface area contributed by atoms with E-state index in [1.807, 2.05) is 0 Å². The van der Waals surface area contributed by atoms with E-state index in [0.717, 1.165) is 6.07 Å². The second-order valence-electron chi connectivity index (χ2n) is 6.15. The molecule has 1 amide bonds. The van der Waals surface area contributed by atoms with Gasteiger partial charge in [-0.1, -0.05) is 18.2 Å². The third-order valence-electron chi connectivity index (χ3n) is 4.26. The van der Waals surface area contributed by atoms with Crippen molar-refractivity contribution in [3.05, 3.63) is 86.3 Å². The fourth-order valence-corrected chi connectivity index (χ4v) is 6.05. The van der Waals surface area contributed by atoms with Gasteiger partial charge in [0.15, 0.2) is 9.84 Å². The van der Waals surface area contributed by atoms with E-state index in [0.29, 0.717) is 14.9 Å². The summed E-state index contributed by atoms with van der Waals surface area (Å²) < 4.78 is 40.7. The van der Waals surface area contributed by atoms with Crippen LogP contribution in [-0.4, -0.2) is 20.9 Å². The Balaban J connectivity index is 1.91. The van der Waals surface area contributed by atoms with E-state index in [1.165, 1.54) is 30.4 Å². The summed E-state index contributed by atoms with van der Waals surface area (Å²) in [5.41, 5.74) is 0.672. The molecule has 4 nitrogen and oxygen atoms in total. The second-order valence-corrected chi connectivity index (χ2v) is 10.1. The summed E-state index contributed by atoms with van der Waals surface area (Å²) in [5.74, 6) is -0.839. The Bertz CT molecular complexity index is 1100. The topological polar surface area (TPSA) is 63.2 Å². The van der Waals surface area contributed by atoms with Crippen LogP contribution in [0.1, 0.15) is 26.0 Å². The highest BCUT2D eigenvalue weighted by atomic mass is 79.9. The lowest BCUT2D eigenvalue weighted by atomic mass is 10.2. The minimum atomic E-state index is -3.83. The molecule has 0 saturated heterocycles. The molecule has 8 heteroatoms. The van der Waals surface area contributed by atoms with Crippen molar-refractivity contribution in [2.24, 2.45) is 0 Å². The number of amides is 1. The largest absolute Gasteiger partial charge is 0.350 e. The first-order valence-corrected chi connectivity index (χ1v) is 11.6. The SMILES string of the molecule is Cc1cc(S(=O)(=O)[C@@H](CNC(=O)c2ccccc2Br)c2cccs2)ccc1F. The highest BCUT2D eigenvalue weighted by Gasteiger charge is 2.31. The minimum absolute atomic E-state index is 0.0277. The first kappa shape index (κ1) is 20.7. The van der Waals surface area contributed by atoms with Crippen LogP contribution in [0, 0.1) is 12.7 Å². The Hall–Kier alpha value is -2.03. The average molecular weight is 482 g/mol. The maximum atomic E-state index is 13.6. The summed E-state index contributed by atoms with van der Waals surface area (Å²) in [6, 6.07) is 14.1. The zero-order chi connectivity index (χ0) is 20.3. The third-order valence-corrected chi connectivity index (χ3v) is 8.17. The Morgan fingerprint density at radius 2 is 1.93 bits per heavy atom. The van der Waals surface area contributed by atoms with Gasteiger partial charge in [-0.05, 0) is 70.2 Å². The summed E-state index contributed by atoms with van der Waals surface area (Å²) in [6.07, 6.45) is 0. The standard InChI is InChI=1S/C20H17BrFNO3S2/c1-13-11-14(8-9-17(13)22)28(25,26)19(18-7-4-10-27-18)12-23-20(24)15-5-2-3-6-16(15)21/h2-11,19H,12H2,1H3,(H,23,24)/t19-/m0/s1. The molecule has 1 N–H and O–H groups in total. The van der Waals surface area contributed by atoms with Crippen molar-refractivity contribution in [1.82, 2.24) is 5.32 Å². The molecule has 146 valence electrons. The Morgan fingerprint density at radius 1 is 1.18 bits per heavy atom. The number of aryl methyl sites for hydroxylation is 1. The number of hydrogen-bond acceptors (Lipinski definition) is 4. The van der Waals surface area contributed by atoms with E-state index in [-0.39, 0.29) is 22.9 Å². The highest BCUT2D eigenvalue weighted by molar-refractivity contribution is 9.10. The van der Waals surface area contributed by atoms with Crippen molar-refractivity contribution in [2.45, 2.75) is 17.1 Å². The smallest absolute Gasteiger partial charge is 0.252 e. The molecular formula is C20H17BrFNO3S2. The molecular weight excluding hydrogens is 465 g/mol. The van der Waals surface area contributed by atoms with Gasteiger partial charge in [-0.3, -0.25) is 4.79 Å². The molecule has 0 aliphatic rings. The first-order chi connectivity index (χ1) is 13.3. The monoisotopic (exact) mass is 481 g/mol. The van der Waals surface area contributed by atoms with E-state index in [2.05, 4.69) is 21.2 Å². The van der Waals surface area contributed by atoms with Crippen molar-refractivity contribution < 1.29 is 17.6 Å². The van der Waals surface area contributed by atoms with Crippen LogP contribution in [0.4, 0.5) is 4.39 Å². The fraction of sp³-hybridized carbons (Fsp3) is 0.150. The van der Waals surface area contributed by atoms with Crippen LogP contribution in [0.15, 0.2) is 69.3 Å². The van der Waals surface area contributed by atoms with Crippen LogP contribution in [-0.2, 0) is 9.84 Å². The lowest BCUT2D eigenvalue weighted by molar-refractivity contribution is 0.0953. The molecule has 3 aromatic rings. The maximum Gasteiger partial charge on any atom is 0.252 e. The van der Waals surface area contributed by atoms with Crippen LogP contribution < -0.4 is 5.32 Å². The molecule has 0 aliphatic heterocycles. The van der Waals surface area contributed by atoms with Crippen molar-refractivity contribution in [1.29, 1.82) is 0 Å². The highest BCUT2D eigenvalue weighted by Crippen LogP contribution is 2.32. The molecule has 1 atom stereocenters. The number of hydrogen-bond donors (Lipinski definition) is 1. The van der Waals surface area contributed by atoms with E-state index in [4.69, 9.17) is 0 Å². The van der Waals surface area contributed by atoms with Crippen molar-refractivity contribution in [2.75, 3.05) is 6.54 Å². The molecule has 0 fully saturated rings. The quantitative estimate of drug-likeness (QED) is 0.509. The van der Waals surface area contributed by atoms with Crippen molar-refractivity contribution >= 4 is 43.0 Å². The summed E-state index contributed by atoms with van der Waals surface area (Å²) in [5, 5.41) is 3.53. The molecule has 0 radical (unpaired) electrons. The van der Waals surface area contributed by atoms with Gasteiger partial charge in [0, 0.05) is 15.9 Å². The van der Waals surface area contributed by atoms with Crippen LogP contribution in [0.3, 0.4) is 0 Å². The molecule has 0 saturated carbocycles.